The summed E-state index contributed by atoms with van der Waals surface area (Å²) in [4.78, 5) is 28.7. The molecule has 7 nitrogen and oxygen atoms in total. The molecule has 4 atom stereocenters. The lowest BCUT2D eigenvalue weighted by molar-refractivity contribution is -0.155. The second-order valence-corrected chi connectivity index (χ2v) is 13.0. The molecule has 3 fully saturated rings. The van der Waals surface area contributed by atoms with E-state index in [1.54, 1.807) is 18.2 Å². The van der Waals surface area contributed by atoms with E-state index in [-0.39, 0.29) is 29.8 Å². The van der Waals surface area contributed by atoms with Crippen LogP contribution in [0.15, 0.2) is 65.1 Å². The molecule has 2 heterocycles. The molecule has 10 heteroatoms. The molecular weight excluding hydrogens is 620 g/mol. The van der Waals surface area contributed by atoms with E-state index in [4.69, 9.17) is 10.5 Å². The minimum absolute atomic E-state index is 0.0957. The molecule has 2 amide bonds. The third kappa shape index (κ3) is 6.14. The number of aliphatic hydroxyl groups is 1. The second-order valence-electron chi connectivity index (χ2n) is 12.1. The van der Waals surface area contributed by atoms with Crippen LogP contribution in [-0.4, -0.2) is 52.1 Å². The van der Waals surface area contributed by atoms with Crippen molar-refractivity contribution in [3.8, 4) is 5.75 Å². The maximum Gasteiger partial charge on any atom is 0.302 e. The Morgan fingerprint density at radius 3 is 2.26 bits per heavy atom. The molecular formula is C33H36BrF2N3O4. The standard InChI is InChI=1S/C33H36BrF2N3O4/c34-23-10-8-22(9-11-23)33(35,36)30(32(42)39-25-12-13-26(39)18-24(37)17-25)38-31(41)29(40)21-6-5-20-16-28(14-7-19(20)15-21)43-27-3-1-2-4-27/h5-11,14-16,24-27,29-30,40H,1-4,12-13,17-18,37H2,(H,38,41)/t24?,25?,26?,29-,30-/m0/s1. The number of hydrogen-bond acceptors (Lipinski definition) is 5. The van der Waals surface area contributed by atoms with E-state index >= 15 is 8.78 Å². The first-order chi connectivity index (χ1) is 20.6. The van der Waals surface area contributed by atoms with Gasteiger partial charge < -0.3 is 25.8 Å². The van der Waals surface area contributed by atoms with E-state index in [2.05, 4.69) is 21.2 Å². The Morgan fingerprint density at radius 1 is 0.953 bits per heavy atom. The average Bonchev–Trinajstić information content (AvgIpc) is 3.60. The topological polar surface area (TPSA) is 105 Å². The van der Waals surface area contributed by atoms with Crippen molar-refractivity contribution in [1.82, 2.24) is 10.2 Å². The summed E-state index contributed by atoms with van der Waals surface area (Å²) in [6.45, 7) is 0. The number of hydrogen-bond donors (Lipinski definition) is 3. The number of nitrogens with zero attached hydrogens (tertiary/aromatic N) is 1. The van der Waals surface area contributed by atoms with E-state index in [0.717, 1.165) is 42.2 Å². The fourth-order valence-electron chi connectivity index (χ4n) is 6.93. The molecule has 2 unspecified atom stereocenters. The second kappa shape index (κ2) is 12.1. The molecule has 3 aromatic carbocycles. The summed E-state index contributed by atoms with van der Waals surface area (Å²) in [6, 6.07) is 13.2. The Balaban J connectivity index is 1.24. The van der Waals surface area contributed by atoms with E-state index in [1.807, 2.05) is 18.2 Å². The predicted octanol–water partition coefficient (Wildman–Crippen LogP) is 5.71. The first-order valence-electron chi connectivity index (χ1n) is 15.0. The SMILES string of the molecule is NC1CC2CCC(C1)N2C(=O)[C@H](NC(=O)[C@@H](O)c1ccc2cc(OC3CCCC3)ccc2c1)C(F)(F)c1ccc(Br)cc1. The van der Waals surface area contributed by atoms with Crippen LogP contribution in [0.5, 0.6) is 5.75 Å². The summed E-state index contributed by atoms with van der Waals surface area (Å²) in [5.74, 6) is -4.92. The number of ether oxygens (including phenoxy) is 1. The average molecular weight is 657 g/mol. The highest BCUT2D eigenvalue weighted by atomic mass is 79.9. The molecule has 43 heavy (non-hydrogen) atoms. The Labute approximate surface area is 257 Å². The molecule has 0 aromatic heterocycles. The molecule has 6 rings (SSSR count). The van der Waals surface area contributed by atoms with Gasteiger partial charge >= 0.3 is 5.92 Å². The van der Waals surface area contributed by atoms with Gasteiger partial charge in [-0.2, -0.15) is 8.78 Å². The van der Waals surface area contributed by atoms with Gasteiger partial charge in [-0.25, -0.2) is 0 Å². The number of rotatable bonds is 8. The molecule has 2 saturated heterocycles. The van der Waals surface area contributed by atoms with Gasteiger partial charge in [-0.1, -0.05) is 46.3 Å². The highest BCUT2D eigenvalue weighted by Crippen LogP contribution is 2.40. The molecule has 2 bridgehead atoms. The van der Waals surface area contributed by atoms with E-state index in [0.29, 0.717) is 30.2 Å². The van der Waals surface area contributed by atoms with Crippen molar-refractivity contribution in [2.75, 3.05) is 0 Å². The van der Waals surface area contributed by atoms with Crippen LogP contribution < -0.4 is 15.8 Å². The quantitative estimate of drug-likeness (QED) is 0.288. The summed E-state index contributed by atoms with van der Waals surface area (Å²) >= 11 is 3.25. The number of benzene rings is 3. The van der Waals surface area contributed by atoms with Gasteiger partial charge in [-0.15, -0.1) is 0 Å². The number of halogens is 3. The number of carbonyl (C=O) groups excluding carboxylic acids is 2. The number of aliphatic hydroxyl groups excluding tert-OH is 1. The molecule has 0 spiro atoms. The summed E-state index contributed by atoms with van der Waals surface area (Å²) < 4.78 is 39.0. The van der Waals surface area contributed by atoms with Crippen LogP contribution in [0.2, 0.25) is 0 Å². The van der Waals surface area contributed by atoms with E-state index in [9.17, 15) is 14.7 Å². The van der Waals surface area contributed by atoms with Crippen molar-refractivity contribution in [2.45, 2.75) is 93.7 Å². The Kier molecular flexibility index (Phi) is 8.45. The molecule has 228 valence electrons. The van der Waals surface area contributed by atoms with Gasteiger partial charge in [0.05, 0.1) is 6.10 Å². The van der Waals surface area contributed by atoms with Crippen molar-refractivity contribution < 1.29 is 28.2 Å². The van der Waals surface area contributed by atoms with Gasteiger partial charge in [-0.05, 0) is 98.0 Å². The third-order valence-electron chi connectivity index (χ3n) is 9.15. The van der Waals surface area contributed by atoms with Gasteiger partial charge in [0.25, 0.3) is 11.8 Å². The van der Waals surface area contributed by atoms with E-state index < -0.39 is 35.4 Å². The number of nitrogens with two attached hydrogens (primary N) is 1. The van der Waals surface area contributed by atoms with Crippen molar-refractivity contribution in [2.24, 2.45) is 5.73 Å². The van der Waals surface area contributed by atoms with Crippen molar-refractivity contribution in [3.05, 3.63) is 76.3 Å². The minimum Gasteiger partial charge on any atom is -0.490 e. The molecule has 3 aromatic rings. The summed E-state index contributed by atoms with van der Waals surface area (Å²) in [6.07, 6.45) is 5.27. The third-order valence-corrected chi connectivity index (χ3v) is 9.68. The zero-order chi connectivity index (χ0) is 30.3. The lowest BCUT2D eigenvalue weighted by Gasteiger charge is -2.41. The van der Waals surface area contributed by atoms with E-state index in [1.165, 1.54) is 29.2 Å². The lowest BCUT2D eigenvalue weighted by atomic mass is 9.94. The van der Waals surface area contributed by atoms with Crippen LogP contribution >= 0.6 is 15.9 Å². The van der Waals surface area contributed by atoms with Crippen molar-refractivity contribution in [3.63, 3.8) is 0 Å². The first kappa shape index (κ1) is 30.0. The van der Waals surface area contributed by atoms with Crippen LogP contribution in [0.4, 0.5) is 8.78 Å². The molecule has 3 aliphatic rings. The van der Waals surface area contributed by atoms with Crippen molar-refractivity contribution in [1.29, 1.82) is 0 Å². The highest BCUT2D eigenvalue weighted by Gasteiger charge is 2.53. The van der Waals surface area contributed by atoms with Gasteiger partial charge in [0.15, 0.2) is 12.1 Å². The summed E-state index contributed by atoms with van der Waals surface area (Å²) in [5.41, 5.74) is 5.98. The number of piperidine rings is 1. The summed E-state index contributed by atoms with van der Waals surface area (Å²) in [5, 5.41) is 14.9. The Hall–Kier alpha value is -3.08. The van der Waals surface area contributed by atoms with Crippen LogP contribution in [0.3, 0.4) is 0 Å². The van der Waals surface area contributed by atoms with Gasteiger partial charge in [0, 0.05) is 28.2 Å². The Morgan fingerprint density at radius 2 is 1.58 bits per heavy atom. The maximum absolute atomic E-state index is 16.1. The largest absolute Gasteiger partial charge is 0.490 e. The smallest absolute Gasteiger partial charge is 0.302 e. The van der Waals surface area contributed by atoms with Crippen LogP contribution in [0, 0.1) is 0 Å². The Bertz CT molecular complexity index is 1480. The zero-order valence-electron chi connectivity index (χ0n) is 23.7. The summed E-state index contributed by atoms with van der Waals surface area (Å²) in [7, 11) is 0. The van der Waals surface area contributed by atoms with Gasteiger partial charge in [0.2, 0.25) is 0 Å². The molecule has 0 radical (unpaired) electrons. The fourth-order valence-corrected chi connectivity index (χ4v) is 7.20. The van der Waals surface area contributed by atoms with Gasteiger partial charge in [0.1, 0.15) is 5.75 Å². The van der Waals surface area contributed by atoms with Gasteiger partial charge in [-0.3, -0.25) is 9.59 Å². The normalized spacial score (nSPS) is 23.7. The molecule has 1 saturated carbocycles. The van der Waals surface area contributed by atoms with Crippen LogP contribution in [0.25, 0.3) is 10.8 Å². The predicted molar refractivity (Wildman–Crippen MR) is 163 cm³/mol. The maximum atomic E-state index is 16.1. The zero-order valence-corrected chi connectivity index (χ0v) is 25.3. The van der Waals surface area contributed by atoms with Crippen LogP contribution in [0.1, 0.15) is 68.6 Å². The van der Waals surface area contributed by atoms with Crippen molar-refractivity contribution >= 4 is 38.5 Å². The molecule has 2 aliphatic heterocycles. The molecule has 4 N–H and O–H groups in total. The van der Waals surface area contributed by atoms with Crippen LogP contribution in [-0.2, 0) is 15.5 Å². The highest BCUT2D eigenvalue weighted by molar-refractivity contribution is 9.10. The molecule has 1 aliphatic carbocycles. The lowest BCUT2D eigenvalue weighted by Crippen LogP contribution is -2.61. The number of alkyl halides is 2. The first-order valence-corrected chi connectivity index (χ1v) is 15.8. The number of fused-ring (bicyclic) bond motifs is 3. The number of amides is 2. The monoisotopic (exact) mass is 655 g/mol. The fraction of sp³-hybridized carbons (Fsp3) is 0.455. The number of carbonyl (C=O) groups is 2. The minimum atomic E-state index is -3.74. The number of nitrogens with one attached hydrogen (secondary N) is 1.